The third-order valence-electron chi connectivity index (χ3n) is 5.98. The lowest BCUT2D eigenvalue weighted by atomic mass is 9.74. The molecule has 2 heterocycles. The Morgan fingerprint density at radius 1 is 0.920 bits per heavy atom. The number of hydrogen-bond donors (Lipinski definition) is 1. The summed E-state index contributed by atoms with van der Waals surface area (Å²) in [5.41, 5.74) is 3.89. The van der Waals surface area contributed by atoms with Gasteiger partial charge in [0.25, 0.3) is 0 Å². The van der Waals surface area contributed by atoms with Crippen LogP contribution in [0.4, 0.5) is 0 Å². The van der Waals surface area contributed by atoms with E-state index in [2.05, 4.69) is 71.4 Å². The molecule has 3 nitrogen and oxygen atoms in total. The number of rotatable bonds is 3. The van der Waals surface area contributed by atoms with Gasteiger partial charge in [0, 0.05) is 24.5 Å². The summed E-state index contributed by atoms with van der Waals surface area (Å²) < 4.78 is 0. The standard InChI is InChI=1S/C22H28N2O/c1-23-13-5-6-14-24-20(15-23)22(21(24)16-25)19-11-9-18(10-12-19)17-7-3-2-4-8-17/h2-4,7-12,20-22,25H,5-6,13-16H2,1H3/t20-,21+,22-/m1/s1. The molecule has 2 aromatic carbocycles. The van der Waals surface area contributed by atoms with Gasteiger partial charge in [0.05, 0.1) is 6.61 Å². The molecule has 3 heteroatoms. The molecule has 0 saturated carbocycles. The molecular formula is C22H28N2O. The SMILES string of the molecule is CN1CCCCN2[C@H](C1)[C@@H](c1ccc(-c3ccccc3)cc1)[C@@H]2CO. The van der Waals surface area contributed by atoms with Gasteiger partial charge in [0.1, 0.15) is 0 Å². The van der Waals surface area contributed by atoms with Crippen molar-refractivity contribution in [2.75, 3.05) is 33.3 Å². The molecule has 0 spiro atoms. The van der Waals surface area contributed by atoms with E-state index in [1.807, 2.05) is 0 Å². The van der Waals surface area contributed by atoms with Gasteiger partial charge in [-0.05, 0) is 49.7 Å². The first kappa shape index (κ1) is 16.8. The molecule has 25 heavy (non-hydrogen) atoms. The lowest BCUT2D eigenvalue weighted by Gasteiger charge is -2.57. The molecule has 2 aliphatic rings. The van der Waals surface area contributed by atoms with Gasteiger partial charge in [-0.3, -0.25) is 4.90 Å². The van der Waals surface area contributed by atoms with E-state index >= 15 is 0 Å². The van der Waals surface area contributed by atoms with E-state index in [9.17, 15) is 5.11 Å². The molecule has 0 bridgehead atoms. The minimum Gasteiger partial charge on any atom is -0.395 e. The number of aliphatic hydroxyl groups is 1. The third-order valence-corrected chi connectivity index (χ3v) is 5.98. The molecule has 0 aliphatic carbocycles. The summed E-state index contributed by atoms with van der Waals surface area (Å²) >= 11 is 0. The van der Waals surface area contributed by atoms with Crippen LogP contribution in [-0.4, -0.2) is 60.3 Å². The number of likely N-dealkylation sites (N-methyl/N-ethyl adjacent to an activating group) is 1. The summed E-state index contributed by atoms with van der Waals surface area (Å²) in [6.07, 6.45) is 2.49. The van der Waals surface area contributed by atoms with Gasteiger partial charge in [0.2, 0.25) is 0 Å². The monoisotopic (exact) mass is 336 g/mol. The second-order valence-electron chi connectivity index (χ2n) is 7.54. The Labute approximate surface area is 150 Å². The van der Waals surface area contributed by atoms with Crippen LogP contribution in [0, 0.1) is 0 Å². The van der Waals surface area contributed by atoms with E-state index in [-0.39, 0.29) is 12.6 Å². The van der Waals surface area contributed by atoms with Crippen molar-refractivity contribution in [3.05, 3.63) is 60.2 Å². The third kappa shape index (κ3) is 3.24. The fourth-order valence-corrected chi connectivity index (χ4v) is 4.64. The van der Waals surface area contributed by atoms with Gasteiger partial charge in [-0.2, -0.15) is 0 Å². The summed E-state index contributed by atoms with van der Waals surface area (Å²) in [7, 11) is 2.23. The van der Waals surface area contributed by atoms with Crippen molar-refractivity contribution in [1.29, 1.82) is 0 Å². The first-order valence-electron chi connectivity index (χ1n) is 9.48. The number of aliphatic hydroxyl groups excluding tert-OH is 1. The van der Waals surface area contributed by atoms with Gasteiger partial charge in [-0.25, -0.2) is 0 Å². The van der Waals surface area contributed by atoms with Crippen LogP contribution >= 0.6 is 0 Å². The molecule has 2 saturated heterocycles. The van der Waals surface area contributed by atoms with Crippen molar-refractivity contribution in [3.63, 3.8) is 0 Å². The highest BCUT2D eigenvalue weighted by Gasteiger charge is 2.48. The fourth-order valence-electron chi connectivity index (χ4n) is 4.64. The Hall–Kier alpha value is -1.68. The summed E-state index contributed by atoms with van der Waals surface area (Å²) in [5, 5.41) is 9.96. The minimum absolute atomic E-state index is 0.255. The highest BCUT2D eigenvalue weighted by molar-refractivity contribution is 5.63. The van der Waals surface area contributed by atoms with Gasteiger partial charge in [-0.1, -0.05) is 54.6 Å². The summed E-state index contributed by atoms with van der Waals surface area (Å²) in [5.74, 6) is 0.440. The van der Waals surface area contributed by atoms with Crippen LogP contribution in [0.5, 0.6) is 0 Å². The molecule has 0 unspecified atom stereocenters. The summed E-state index contributed by atoms with van der Waals surface area (Å²) in [6.45, 7) is 3.67. The fraction of sp³-hybridized carbons (Fsp3) is 0.455. The van der Waals surface area contributed by atoms with Crippen LogP contribution in [0.2, 0.25) is 0 Å². The second-order valence-corrected chi connectivity index (χ2v) is 7.54. The Kier molecular flexibility index (Phi) is 4.89. The first-order chi connectivity index (χ1) is 12.3. The molecule has 2 aromatic rings. The van der Waals surface area contributed by atoms with Crippen molar-refractivity contribution in [2.45, 2.75) is 30.8 Å². The lowest BCUT2D eigenvalue weighted by Crippen LogP contribution is -2.67. The molecule has 0 amide bonds. The molecule has 0 radical (unpaired) electrons. The van der Waals surface area contributed by atoms with Crippen LogP contribution < -0.4 is 0 Å². The summed E-state index contributed by atoms with van der Waals surface area (Å²) in [4.78, 5) is 4.99. The van der Waals surface area contributed by atoms with Crippen LogP contribution in [0.3, 0.4) is 0 Å². The van der Waals surface area contributed by atoms with Gasteiger partial charge >= 0.3 is 0 Å². The predicted molar refractivity (Wildman–Crippen MR) is 103 cm³/mol. The molecule has 2 fully saturated rings. The van der Waals surface area contributed by atoms with E-state index in [1.165, 1.54) is 36.1 Å². The molecular weight excluding hydrogens is 308 g/mol. The molecule has 1 N–H and O–H groups in total. The molecule has 132 valence electrons. The van der Waals surface area contributed by atoms with Crippen molar-refractivity contribution in [1.82, 2.24) is 9.80 Å². The quantitative estimate of drug-likeness (QED) is 0.932. The maximum absolute atomic E-state index is 9.96. The molecule has 4 rings (SSSR count). The minimum atomic E-state index is 0.255. The average molecular weight is 336 g/mol. The number of benzene rings is 2. The Morgan fingerprint density at radius 2 is 1.60 bits per heavy atom. The normalized spacial score (nSPS) is 27.8. The Morgan fingerprint density at radius 3 is 2.32 bits per heavy atom. The van der Waals surface area contributed by atoms with E-state index in [0.29, 0.717) is 12.0 Å². The van der Waals surface area contributed by atoms with E-state index < -0.39 is 0 Å². The van der Waals surface area contributed by atoms with Crippen LogP contribution in [0.15, 0.2) is 54.6 Å². The molecule has 2 aliphatic heterocycles. The van der Waals surface area contributed by atoms with Crippen LogP contribution in [0.25, 0.3) is 11.1 Å². The number of fused-ring (bicyclic) bond motifs is 1. The zero-order valence-corrected chi connectivity index (χ0v) is 15.0. The van der Waals surface area contributed by atoms with Crippen molar-refractivity contribution < 1.29 is 5.11 Å². The maximum Gasteiger partial charge on any atom is 0.0593 e. The first-order valence-corrected chi connectivity index (χ1v) is 9.48. The summed E-state index contributed by atoms with van der Waals surface area (Å²) in [6, 6.07) is 20.3. The Balaban J connectivity index is 1.57. The highest BCUT2D eigenvalue weighted by atomic mass is 16.3. The van der Waals surface area contributed by atoms with E-state index in [0.717, 1.165) is 13.1 Å². The average Bonchev–Trinajstić information content (AvgIpc) is 2.64. The topological polar surface area (TPSA) is 26.7 Å². The van der Waals surface area contributed by atoms with Crippen molar-refractivity contribution >= 4 is 0 Å². The second kappa shape index (κ2) is 7.28. The van der Waals surface area contributed by atoms with Gasteiger partial charge in [0.15, 0.2) is 0 Å². The van der Waals surface area contributed by atoms with Gasteiger partial charge in [-0.15, -0.1) is 0 Å². The maximum atomic E-state index is 9.96. The smallest absolute Gasteiger partial charge is 0.0593 e. The van der Waals surface area contributed by atoms with Gasteiger partial charge < -0.3 is 10.0 Å². The Bertz CT molecular complexity index is 685. The van der Waals surface area contributed by atoms with E-state index in [4.69, 9.17) is 0 Å². The van der Waals surface area contributed by atoms with Crippen LogP contribution in [0.1, 0.15) is 24.3 Å². The zero-order chi connectivity index (χ0) is 17.2. The predicted octanol–water partition coefficient (Wildman–Crippen LogP) is 3.21. The number of hydrogen-bond acceptors (Lipinski definition) is 3. The van der Waals surface area contributed by atoms with Crippen molar-refractivity contribution in [2.24, 2.45) is 0 Å². The molecule has 0 aromatic heterocycles. The number of nitrogens with zero attached hydrogens (tertiary/aromatic N) is 2. The molecule has 3 atom stereocenters. The zero-order valence-electron chi connectivity index (χ0n) is 15.0. The largest absolute Gasteiger partial charge is 0.395 e. The van der Waals surface area contributed by atoms with E-state index in [1.54, 1.807) is 0 Å². The van der Waals surface area contributed by atoms with Crippen LogP contribution in [-0.2, 0) is 0 Å². The highest BCUT2D eigenvalue weighted by Crippen LogP contribution is 2.42. The lowest BCUT2D eigenvalue weighted by molar-refractivity contribution is -0.0614. The van der Waals surface area contributed by atoms with Crippen molar-refractivity contribution in [3.8, 4) is 11.1 Å².